The van der Waals surface area contributed by atoms with E-state index in [4.69, 9.17) is 4.74 Å². The average molecular weight is 491 g/mol. The number of nitrogens with one attached hydrogen (secondary N) is 3. The largest absolute Gasteiger partial charge is 0.388 e. The van der Waals surface area contributed by atoms with Gasteiger partial charge in [-0.3, -0.25) is 4.79 Å². The molecule has 1 saturated carbocycles. The summed E-state index contributed by atoms with van der Waals surface area (Å²) in [6, 6.07) is 14.2. The Hall–Kier alpha value is -3.06. The van der Waals surface area contributed by atoms with Crippen molar-refractivity contribution >= 4 is 23.3 Å². The monoisotopic (exact) mass is 490 g/mol. The van der Waals surface area contributed by atoms with Crippen LogP contribution in [0.15, 0.2) is 42.5 Å². The smallest absolute Gasteiger partial charge is 0.319 e. The molecule has 3 N–H and O–H groups in total. The maximum absolute atomic E-state index is 13.4. The van der Waals surface area contributed by atoms with E-state index in [2.05, 4.69) is 40.2 Å². The SMILES string of the molecule is CNc1ccc(C2CCN(C(=O)c3ccc(C4CCC4)c(NC(=O)NC[C@@H]4CCCO4)c3)CC2)cc1. The number of nitrogens with zero attached hydrogens (tertiary/aromatic N) is 1. The summed E-state index contributed by atoms with van der Waals surface area (Å²) in [5.74, 6) is 0.973. The van der Waals surface area contributed by atoms with Gasteiger partial charge in [0, 0.05) is 50.2 Å². The highest BCUT2D eigenvalue weighted by molar-refractivity contribution is 5.97. The molecule has 0 unspecified atom stereocenters. The number of urea groups is 1. The lowest BCUT2D eigenvalue weighted by Crippen LogP contribution is -2.38. The van der Waals surface area contributed by atoms with Crippen LogP contribution in [0.5, 0.6) is 0 Å². The van der Waals surface area contributed by atoms with E-state index in [9.17, 15) is 9.59 Å². The molecule has 2 aromatic rings. The lowest BCUT2D eigenvalue weighted by Gasteiger charge is -2.33. The van der Waals surface area contributed by atoms with Crippen LogP contribution in [0.25, 0.3) is 0 Å². The molecule has 0 bridgehead atoms. The number of piperidine rings is 1. The van der Waals surface area contributed by atoms with Gasteiger partial charge in [0.15, 0.2) is 0 Å². The highest BCUT2D eigenvalue weighted by atomic mass is 16.5. The van der Waals surface area contributed by atoms with Gasteiger partial charge < -0.3 is 25.6 Å². The van der Waals surface area contributed by atoms with Crippen LogP contribution in [0, 0.1) is 0 Å². The lowest BCUT2D eigenvalue weighted by molar-refractivity contribution is 0.0713. The van der Waals surface area contributed by atoms with Crippen molar-refractivity contribution in [1.82, 2.24) is 10.2 Å². The number of carbonyl (C=O) groups is 2. The molecule has 0 radical (unpaired) electrons. The van der Waals surface area contributed by atoms with E-state index < -0.39 is 0 Å². The molecule has 3 aliphatic rings. The van der Waals surface area contributed by atoms with E-state index in [0.717, 1.165) is 75.2 Å². The van der Waals surface area contributed by atoms with Gasteiger partial charge >= 0.3 is 6.03 Å². The Morgan fingerprint density at radius 3 is 2.36 bits per heavy atom. The highest BCUT2D eigenvalue weighted by Crippen LogP contribution is 2.40. The van der Waals surface area contributed by atoms with Gasteiger partial charge in [-0.25, -0.2) is 4.79 Å². The number of likely N-dealkylation sites (tertiary alicyclic amines) is 1. The lowest BCUT2D eigenvalue weighted by atomic mass is 9.79. The highest BCUT2D eigenvalue weighted by Gasteiger charge is 2.27. The summed E-state index contributed by atoms with van der Waals surface area (Å²) in [6.07, 6.45) is 7.51. The molecule has 2 heterocycles. The molecule has 36 heavy (non-hydrogen) atoms. The molecule has 1 atom stereocenters. The summed E-state index contributed by atoms with van der Waals surface area (Å²) in [7, 11) is 1.93. The van der Waals surface area contributed by atoms with Crippen molar-refractivity contribution in [1.29, 1.82) is 0 Å². The van der Waals surface area contributed by atoms with Crippen LogP contribution in [0.3, 0.4) is 0 Å². The first-order chi connectivity index (χ1) is 17.6. The summed E-state index contributed by atoms with van der Waals surface area (Å²) < 4.78 is 5.61. The summed E-state index contributed by atoms with van der Waals surface area (Å²) in [5, 5.41) is 9.14. The van der Waals surface area contributed by atoms with Gasteiger partial charge in [0.1, 0.15) is 0 Å². The number of amides is 3. The average Bonchev–Trinajstić information content (AvgIpc) is 3.41. The molecule has 5 rings (SSSR count). The van der Waals surface area contributed by atoms with Crippen LogP contribution in [0.1, 0.15) is 78.3 Å². The van der Waals surface area contributed by atoms with Gasteiger partial charge in [0.05, 0.1) is 6.10 Å². The van der Waals surface area contributed by atoms with Gasteiger partial charge in [-0.1, -0.05) is 24.6 Å². The zero-order valence-corrected chi connectivity index (χ0v) is 21.2. The van der Waals surface area contributed by atoms with Crippen LogP contribution in [0.2, 0.25) is 0 Å². The zero-order valence-electron chi connectivity index (χ0n) is 21.2. The number of hydrogen-bond donors (Lipinski definition) is 3. The standard InChI is InChI=1S/C29H38N4O3/c1-30-24-10-7-20(8-11-24)21-13-15-33(16-14-21)28(34)23-9-12-26(22-4-2-5-22)27(18-23)32-29(35)31-19-25-6-3-17-36-25/h7-12,18,21-22,25,30H,2-6,13-17,19H2,1H3,(H2,31,32,35)/t25-/m0/s1. The third kappa shape index (κ3) is 5.67. The van der Waals surface area contributed by atoms with Crippen LogP contribution in [-0.2, 0) is 4.74 Å². The fraction of sp³-hybridized carbons (Fsp3) is 0.517. The van der Waals surface area contributed by atoms with Crippen molar-refractivity contribution in [2.75, 3.05) is 43.9 Å². The van der Waals surface area contributed by atoms with Crippen molar-refractivity contribution in [2.45, 2.75) is 62.9 Å². The second-order valence-corrected chi connectivity index (χ2v) is 10.3. The molecule has 7 nitrogen and oxygen atoms in total. The van der Waals surface area contributed by atoms with Gasteiger partial charge in [-0.15, -0.1) is 0 Å². The minimum Gasteiger partial charge on any atom is -0.388 e. The van der Waals surface area contributed by atoms with Gasteiger partial charge in [-0.05, 0) is 85.8 Å². The molecule has 1 aliphatic carbocycles. The zero-order chi connectivity index (χ0) is 24.9. The molecule has 2 aliphatic heterocycles. The normalized spacial score (nSPS) is 20.6. The van der Waals surface area contributed by atoms with Gasteiger partial charge in [-0.2, -0.15) is 0 Å². The van der Waals surface area contributed by atoms with Crippen LogP contribution in [-0.4, -0.2) is 56.2 Å². The second kappa shape index (κ2) is 11.3. The number of ether oxygens (including phenoxy) is 1. The number of rotatable bonds is 7. The number of hydrogen-bond acceptors (Lipinski definition) is 4. The Bertz CT molecular complexity index is 1050. The fourth-order valence-electron chi connectivity index (χ4n) is 5.57. The molecule has 3 fully saturated rings. The van der Waals surface area contributed by atoms with Gasteiger partial charge in [0.25, 0.3) is 5.91 Å². The van der Waals surface area contributed by atoms with E-state index in [0.29, 0.717) is 23.9 Å². The molecule has 192 valence electrons. The maximum atomic E-state index is 13.4. The minimum absolute atomic E-state index is 0.0435. The summed E-state index contributed by atoms with van der Waals surface area (Å²) in [6.45, 7) is 2.76. The quantitative estimate of drug-likeness (QED) is 0.491. The Balaban J connectivity index is 1.22. The molecular formula is C29H38N4O3. The van der Waals surface area contributed by atoms with Gasteiger partial charge in [0.2, 0.25) is 0 Å². The first-order valence-corrected chi connectivity index (χ1v) is 13.5. The molecular weight excluding hydrogens is 452 g/mol. The maximum Gasteiger partial charge on any atom is 0.319 e. The van der Waals surface area contributed by atoms with E-state index in [-0.39, 0.29) is 18.0 Å². The van der Waals surface area contributed by atoms with Crippen LogP contribution >= 0.6 is 0 Å². The number of carbonyl (C=O) groups excluding carboxylic acids is 2. The summed E-state index contributed by atoms with van der Waals surface area (Å²) in [4.78, 5) is 28.0. The number of anilines is 2. The predicted molar refractivity (Wildman–Crippen MR) is 143 cm³/mol. The van der Waals surface area contributed by atoms with E-state index in [1.54, 1.807) is 0 Å². The second-order valence-electron chi connectivity index (χ2n) is 10.3. The van der Waals surface area contributed by atoms with Crippen molar-refractivity contribution < 1.29 is 14.3 Å². The number of benzene rings is 2. The van der Waals surface area contributed by atoms with Crippen molar-refractivity contribution in [3.8, 4) is 0 Å². The topological polar surface area (TPSA) is 82.7 Å². The Morgan fingerprint density at radius 2 is 1.72 bits per heavy atom. The van der Waals surface area contributed by atoms with E-state index >= 15 is 0 Å². The van der Waals surface area contributed by atoms with Crippen LogP contribution in [0.4, 0.5) is 16.2 Å². The first kappa shape index (κ1) is 24.6. The molecule has 0 spiro atoms. The summed E-state index contributed by atoms with van der Waals surface area (Å²) in [5.41, 5.74) is 4.99. The fourth-order valence-corrected chi connectivity index (χ4v) is 5.57. The first-order valence-electron chi connectivity index (χ1n) is 13.5. The Kier molecular flexibility index (Phi) is 7.75. The Morgan fingerprint density at radius 1 is 0.944 bits per heavy atom. The molecule has 7 heteroatoms. The molecule has 2 aromatic carbocycles. The van der Waals surface area contributed by atoms with Crippen LogP contribution < -0.4 is 16.0 Å². The third-order valence-corrected chi connectivity index (χ3v) is 8.06. The van der Waals surface area contributed by atoms with E-state index in [1.165, 1.54) is 12.0 Å². The van der Waals surface area contributed by atoms with Crippen molar-refractivity contribution in [3.63, 3.8) is 0 Å². The van der Waals surface area contributed by atoms with Crippen molar-refractivity contribution in [2.24, 2.45) is 0 Å². The Labute approximate surface area is 214 Å². The summed E-state index contributed by atoms with van der Waals surface area (Å²) >= 11 is 0. The van der Waals surface area contributed by atoms with E-state index in [1.807, 2.05) is 30.1 Å². The van der Waals surface area contributed by atoms with Crippen molar-refractivity contribution in [3.05, 3.63) is 59.2 Å². The third-order valence-electron chi connectivity index (χ3n) is 8.06. The predicted octanol–water partition coefficient (Wildman–Crippen LogP) is 5.32. The minimum atomic E-state index is -0.235. The molecule has 3 amide bonds. The molecule has 0 aromatic heterocycles. The molecule has 2 saturated heterocycles.